The van der Waals surface area contributed by atoms with Crippen LogP contribution in [0.1, 0.15) is 26.6 Å². The molecular weight excluding hydrogens is 305 g/mol. The summed E-state index contributed by atoms with van der Waals surface area (Å²) < 4.78 is 13.9. The van der Waals surface area contributed by atoms with E-state index in [0.29, 0.717) is 22.0 Å². The van der Waals surface area contributed by atoms with Crippen molar-refractivity contribution in [2.45, 2.75) is 26.3 Å². The van der Waals surface area contributed by atoms with Crippen LogP contribution in [0.15, 0.2) is 40.8 Å². The molecule has 2 N–H and O–H groups in total. The Balaban J connectivity index is 2.42. The van der Waals surface area contributed by atoms with E-state index in [4.69, 9.17) is 11.6 Å². The molecule has 2 rings (SSSR count). The molecule has 1 aromatic rings. The second-order valence-electron chi connectivity index (χ2n) is 5.76. The van der Waals surface area contributed by atoms with Gasteiger partial charge < -0.3 is 5.32 Å². The number of hydrogen-bond acceptors (Lipinski definition) is 5. The largest absolute Gasteiger partial charge is 0.363 e. The summed E-state index contributed by atoms with van der Waals surface area (Å²) in [6, 6.07) is 0. The fourth-order valence-corrected chi connectivity index (χ4v) is 1.90. The van der Waals surface area contributed by atoms with Crippen LogP contribution < -0.4 is 10.7 Å². The Labute approximate surface area is 133 Å². The standard InChI is InChI=1S/C15H17ClFN5/c1-9-5-10(16)6-19-20-7-11(9)13-18-8-12(17)14(21-13)22-15(2,3)4/h5-8,20H,1H2,2-4H3,(H,18,21,22)/b10-5+,11-7+,19-6-. The summed E-state index contributed by atoms with van der Waals surface area (Å²) in [5, 5.41) is 7.30. The SMILES string of the molecule is C=C1/C=C(Cl)\C=N/N/C=C\1c1ncc(F)c(NC(C)(C)C)n1. The maximum absolute atomic E-state index is 13.9. The number of hydrazone groups is 1. The van der Waals surface area contributed by atoms with E-state index in [1.165, 1.54) is 6.21 Å². The molecule has 0 bridgehead atoms. The van der Waals surface area contributed by atoms with Crippen LogP contribution in [0.2, 0.25) is 0 Å². The average Bonchev–Trinajstić information content (AvgIpc) is 2.38. The zero-order chi connectivity index (χ0) is 16.3. The molecule has 22 heavy (non-hydrogen) atoms. The lowest BCUT2D eigenvalue weighted by Crippen LogP contribution is -2.27. The van der Waals surface area contributed by atoms with Gasteiger partial charge in [-0.1, -0.05) is 18.2 Å². The normalized spacial score (nSPS) is 21.6. The lowest BCUT2D eigenvalue weighted by atomic mass is 10.1. The van der Waals surface area contributed by atoms with Crippen molar-refractivity contribution in [1.82, 2.24) is 15.4 Å². The third-order valence-electron chi connectivity index (χ3n) is 2.61. The van der Waals surface area contributed by atoms with Crippen LogP contribution in [0.4, 0.5) is 10.2 Å². The van der Waals surface area contributed by atoms with Gasteiger partial charge in [0.05, 0.1) is 17.4 Å². The first kappa shape index (κ1) is 16.2. The van der Waals surface area contributed by atoms with E-state index in [0.717, 1.165) is 6.20 Å². The number of halogens is 2. The average molecular weight is 322 g/mol. The predicted molar refractivity (Wildman–Crippen MR) is 88.0 cm³/mol. The molecule has 0 aliphatic carbocycles. The number of anilines is 1. The lowest BCUT2D eigenvalue weighted by molar-refractivity contribution is 0.585. The Kier molecular flexibility index (Phi) is 4.61. The minimum atomic E-state index is -0.518. The molecule has 0 amide bonds. The quantitative estimate of drug-likeness (QED) is 0.876. The molecule has 0 radical (unpaired) electrons. The molecule has 2 heterocycles. The molecule has 0 saturated heterocycles. The van der Waals surface area contributed by atoms with Crippen LogP contribution >= 0.6 is 11.6 Å². The summed E-state index contributed by atoms with van der Waals surface area (Å²) in [5.74, 6) is -0.0643. The molecule has 0 saturated carbocycles. The molecule has 0 spiro atoms. The Morgan fingerprint density at radius 2 is 2.09 bits per heavy atom. The Hall–Kier alpha value is -2.21. The van der Waals surface area contributed by atoms with Gasteiger partial charge in [0.25, 0.3) is 0 Å². The van der Waals surface area contributed by atoms with Crippen molar-refractivity contribution in [3.05, 3.63) is 47.3 Å². The number of rotatable bonds is 2. The van der Waals surface area contributed by atoms with E-state index in [2.05, 4.69) is 32.4 Å². The molecule has 1 aromatic heterocycles. The van der Waals surface area contributed by atoms with Gasteiger partial charge in [0.15, 0.2) is 17.5 Å². The summed E-state index contributed by atoms with van der Waals surface area (Å²) in [5.41, 5.74) is 3.55. The predicted octanol–water partition coefficient (Wildman–Crippen LogP) is 3.43. The van der Waals surface area contributed by atoms with Gasteiger partial charge in [-0.05, 0) is 32.4 Å². The van der Waals surface area contributed by atoms with Crippen LogP contribution in [0.3, 0.4) is 0 Å². The summed E-state index contributed by atoms with van der Waals surface area (Å²) in [6.45, 7) is 9.68. The maximum atomic E-state index is 13.9. The topological polar surface area (TPSA) is 62.2 Å². The highest BCUT2D eigenvalue weighted by Crippen LogP contribution is 2.24. The van der Waals surface area contributed by atoms with Crippen molar-refractivity contribution in [3.8, 4) is 0 Å². The van der Waals surface area contributed by atoms with Gasteiger partial charge in [-0.25, -0.2) is 14.4 Å². The molecule has 116 valence electrons. The van der Waals surface area contributed by atoms with Crippen LogP contribution in [0.25, 0.3) is 5.57 Å². The van der Waals surface area contributed by atoms with Crippen LogP contribution in [0.5, 0.6) is 0 Å². The Morgan fingerprint density at radius 1 is 1.36 bits per heavy atom. The van der Waals surface area contributed by atoms with E-state index in [1.54, 1.807) is 12.3 Å². The maximum Gasteiger partial charge on any atom is 0.183 e. The second-order valence-corrected chi connectivity index (χ2v) is 6.20. The van der Waals surface area contributed by atoms with E-state index in [9.17, 15) is 4.39 Å². The molecule has 0 aromatic carbocycles. The molecule has 0 unspecified atom stereocenters. The van der Waals surface area contributed by atoms with Gasteiger partial charge in [-0.3, -0.25) is 5.43 Å². The van der Waals surface area contributed by atoms with Crippen molar-refractivity contribution < 1.29 is 4.39 Å². The number of nitrogens with zero attached hydrogens (tertiary/aromatic N) is 3. The third-order valence-corrected chi connectivity index (χ3v) is 2.81. The van der Waals surface area contributed by atoms with E-state index in [1.807, 2.05) is 20.8 Å². The van der Waals surface area contributed by atoms with Crippen LogP contribution in [-0.2, 0) is 0 Å². The molecule has 0 fully saturated rings. The van der Waals surface area contributed by atoms with Crippen LogP contribution in [-0.4, -0.2) is 21.7 Å². The summed E-state index contributed by atoms with van der Waals surface area (Å²) in [7, 11) is 0. The van der Waals surface area contributed by atoms with Crippen molar-refractivity contribution in [3.63, 3.8) is 0 Å². The second kappa shape index (κ2) is 6.27. The molecule has 7 heteroatoms. The van der Waals surface area contributed by atoms with Gasteiger partial charge in [0.1, 0.15) is 0 Å². The summed E-state index contributed by atoms with van der Waals surface area (Å²) in [4.78, 5) is 8.26. The van der Waals surface area contributed by atoms with Gasteiger partial charge in [0, 0.05) is 17.3 Å². The Bertz CT molecular complexity index is 686. The van der Waals surface area contributed by atoms with Crippen molar-refractivity contribution in [2.75, 3.05) is 5.32 Å². The fourth-order valence-electron chi connectivity index (χ4n) is 1.72. The number of nitrogens with one attached hydrogen (secondary N) is 2. The van der Waals surface area contributed by atoms with Gasteiger partial charge in [0.2, 0.25) is 0 Å². The highest BCUT2D eigenvalue weighted by Gasteiger charge is 2.17. The molecule has 1 aliphatic rings. The first-order valence-electron chi connectivity index (χ1n) is 6.62. The number of aromatic nitrogens is 2. The fraction of sp³-hybridized carbons (Fsp3) is 0.267. The Morgan fingerprint density at radius 3 is 2.77 bits per heavy atom. The third kappa shape index (κ3) is 4.14. The minimum Gasteiger partial charge on any atom is -0.363 e. The van der Waals surface area contributed by atoms with Gasteiger partial charge in [-0.2, -0.15) is 5.10 Å². The lowest BCUT2D eigenvalue weighted by Gasteiger charge is -2.22. The van der Waals surface area contributed by atoms with Gasteiger partial charge in [-0.15, -0.1) is 0 Å². The van der Waals surface area contributed by atoms with E-state index >= 15 is 0 Å². The summed E-state index contributed by atoms with van der Waals surface area (Å²) in [6.07, 6.45) is 5.81. The molecule has 0 atom stereocenters. The zero-order valence-corrected chi connectivity index (χ0v) is 13.4. The monoisotopic (exact) mass is 321 g/mol. The molecular formula is C15H17ClFN5. The minimum absolute atomic E-state index is 0.131. The van der Waals surface area contributed by atoms with Crippen LogP contribution in [0, 0.1) is 5.82 Å². The first-order chi connectivity index (χ1) is 10.3. The highest BCUT2D eigenvalue weighted by molar-refractivity contribution is 6.39. The molecule has 1 aliphatic heterocycles. The van der Waals surface area contributed by atoms with Crippen molar-refractivity contribution in [1.29, 1.82) is 0 Å². The molecule has 5 nitrogen and oxygen atoms in total. The van der Waals surface area contributed by atoms with Crippen molar-refractivity contribution in [2.24, 2.45) is 5.10 Å². The highest BCUT2D eigenvalue weighted by atomic mass is 35.5. The van der Waals surface area contributed by atoms with Gasteiger partial charge >= 0.3 is 0 Å². The smallest absolute Gasteiger partial charge is 0.183 e. The van der Waals surface area contributed by atoms with E-state index < -0.39 is 5.82 Å². The first-order valence-corrected chi connectivity index (χ1v) is 7.00. The van der Waals surface area contributed by atoms with Crippen molar-refractivity contribution >= 4 is 29.2 Å². The zero-order valence-electron chi connectivity index (χ0n) is 12.6. The van der Waals surface area contributed by atoms with E-state index in [-0.39, 0.29) is 11.4 Å². The number of allylic oxidation sites excluding steroid dienone is 4. The summed E-state index contributed by atoms with van der Waals surface area (Å²) >= 11 is 5.96. The number of hydrogen-bond donors (Lipinski definition) is 2.